The quantitative estimate of drug-likeness (QED) is 0.620. The van der Waals surface area contributed by atoms with Crippen LogP contribution in [-0.2, 0) is 0 Å². The van der Waals surface area contributed by atoms with Crippen molar-refractivity contribution >= 4 is 0 Å². The summed E-state index contributed by atoms with van der Waals surface area (Å²) in [6.07, 6.45) is 7.66. The van der Waals surface area contributed by atoms with Gasteiger partial charge in [-0.2, -0.15) is 0 Å². The Morgan fingerprint density at radius 2 is 2.08 bits per heavy atom. The zero-order chi connectivity index (χ0) is 8.44. The Balaban J connectivity index is 2.10. The summed E-state index contributed by atoms with van der Waals surface area (Å²) in [5.41, 5.74) is 0.260. The standard InChI is InChI=1S/C10H19NO/c12-8-10-5-2-1-4-9(10)11-7-3-6-10/h9,11-12H,1-8H2/t9-,10+/m0/s1. The first-order valence-corrected chi connectivity index (χ1v) is 5.22. The summed E-state index contributed by atoms with van der Waals surface area (Å²) >= 11 is 0. The van der Waals surface area contributed by atoms with Crippen molar-refractivity contribution in [3.63, 3.8) is 0 Å². The fraction of sp³-hybridized carbons (Fsp3) is 1.00. The summed E-state index contributed by atoms with van der Waals surface area (Å²) in [6, 6.07) is 0.616. The monoisotopic (exact) mass is 169 g/mol. The van der Waals surface area contributed by atoms with E-state index in [-0.39, 0.29) is 5.41 Å². The third kappa shape index (κ3) is 1.27. The molecule has 0 aromatic heterocycles. The average Bonchev–Trinajstić information content (AvgIpc) is 2.18. The summed E-state index contributed by atoms with van der Waals surface area (Å²) in [7, 11) is 0. The van der Waals surface area contributed by atoms with Crippen molar-refractivity contribution < 1.29 is 5.11 Å². The van der Waals surface area contributed by atoms with Crippen molar-refractivity contribution in [1.29, 1.82) is 0 Å². The molecule has 0 spiro atoms. The van der Waals surface area contributed by atoms with Crippen LogP contribution in [0.1, 0.15) is 38.5 Å². The molecule has 2 rings (SSSR count). The van der Waals surface area contributed by atoms with E-state index in [0.717, 1.165) is 6.54 Å². The van der Waals surface area contributed by atoms with Gasteiger partial charge < -0.3 is 10.4 Å². The molecule has 70 valence electrons. The maximum Gasteiger partial charge on any atom is 0.0502 e. The van der Waals surface area contributed by atoms with Crippen molar-refractivity contribution in [2.75, 3.05) is 13.2 Å². The molecular weight excluding hydrogens is 150 g/mol. The Kier molecular flexibility index (Phi) is 2.37. The van der Waals surface area contributed by atoms with Crippen LogP contribution in [0.4, 0.5) is 0 Å². The third-order valence-electron chi connectivity index (χ3n) is 3.71. The summed E-state index contributed by atoms with van der Waals surface area (Å²) in [4.78, 5) is 0. The van der Waals surface area contributed by atoms with Crippen LogP contribution < -0.4 is 5.32 Å². The van der Waals surface area contributed by atoms with Crippen LogP contribution in [0.15, 0.2) is 0 Å². The third-order valence-corrected chi connectivity index (χ3v) is 3.71. The van der Waals surface area contributed by atoms with E-state index >= 15 is 0 Å². The van der Waals surface area contributed by atoms with E-state index in [4.69, 9.17) is 0 Å². The van der Waals surface area contributed by atoms with Gasteiger partial charge in [0.2, 0.25) is 0 Å². The summed E-state index contributed by atoms with van der Waals surface area (Å²) in [5, 5.41) is 13.0. The molecular formula is C10H19NO. The Morgan fingerprint density at radius 1 is 1.25 bits per heavy atom. The van der Waals surface area contributed by atoms with Gasteiger partial charge in [0.1, 0.15) is 0 Å². The molecule has 2 fully saturated rings. The lowest BCUT2D eigenvalue weighted by atomic mass is 9.66. The molecule has 1 aliphatic carbocycles. The highest BCUT2D eigenvalue weighted by molar-refractivity contribution is 4.96. The van der Waals surface area contributed by atoms with E-state index in [0.29, 0.717) is 12.6 Å². The van der Waals surface area contributed by atoms with Crippen molar-refractivity contribution in [3.8, 4) is 0 Å². The van der Waals surface area contributed by atoms with Crippen molar-refractivity contribution in [1.82, 2.24) is 5.32 Å². The zero-order valence-corrected chi connectivity index (χ0v) is 7.68. The van der Waals surface area contributed by atoms with E-state index < -0.39 is 0 Å². The lowest BCUT2D eigenvalue weighted by molar-refractivity contribution is 0.0189. The minimum absolute atomic E-state index is 0.260. The first-order chi connectivity index (χ1) is 5.87. The highest BCUT2D eigenvalue weighted by Crippen LogP contribution is 2.41. The van der Waals surface area contributed by atoms with Crippen LogP contribution >= 0.6 is 0 Å². The molecule has 2 aliphatic rings. The highest BCUT2D eigenvalue weighted by atomic mass is 16.3. The topological polar surface area (TPSA) is 32.3 Å². The van der Waals surface area contributed by atoms with E-state index in [1.54, 1.807) is 0 Å². The van der Waals surface area contributed by atoms with Crippen LogP contribution in [0, 0.1) is 5.41 Å². The van der Waals surface area contributed by atoms with Crippen molar-refractivity contribution in [2.24, 2.45) is 5.41 Å². The molecule has 2 atom stereocenters. The number of aliphatic hydroxyl groups excluding tert-OH is 1. The summed E-state index contributed by atoms with van der Waals surface area (Å²) in [5.74, 6) is 0. The lowest BCUT2D eigenvalue weighted by Gasteiger charge is -2.46. The van der Waals surface area contributed by atoms with Crippen LogP contribution in [0.3, 0.4) is 0 Å². The maximum absolute atomic E-state index is 9.44. The van der Waals surface area contributed by atoms with Gasteiger partial charge in [0.05, 0.1) is 6.61 Å². The highest BCUT2D eigenvalue weighted by Gasteiger charge is 2.41. The second-order valence-electron chi connectivity index (χ2n) is 4.38. The second-order valence-corrected chi connectivity index (χ2v) is 4.38. The predicted octanol–water partition coefficient (Wildman–Crippen LogP) is 1.29. The predicted molar refractivity (Wildman–Crippen MR) is 49.0 cm³/mol. The number of rotatable bonds is 1. The fourth-order valence-corrected chi connectivity index (χ4v) is 2.91. The molecule has 2 N–H and O–H groups in total. The molecule has 0 amide bonds. The van der Waals surface area contributed by atoms with Gasteiger partial charge in [0, 0.05) is 11.5 Å². The van der Waals surface area contributed by atoms with E-state index in [2.05, 4.69) is 5.32 Å². The molecule has 0 unspecified atom stereocenters. The molecule has 1 saturated carbocycles. The fourth-order valence-electron chi connectivity index (χ4n) is 2.91. The normalized spacial score (nSPS) is 42.2. The number of hydrogen-bond donors (Lipinski definition) is 2. The van der Waals surface area contributed by atoms with Gasteiger partial charge >= 0.3 is 0 Å². The largest absolute Gasteiger partial charge is 0.396 e. The van der Waals surface area contributed by atoms with E-state index in [1.807, 2.05) is 0 Å². The Hall–Kier alpha value is -0.0800. The molecule has 1 heterocycles. The van der Waals surface area contributed by atoms with Crippen LogP contribution in [-0.4, -0.2) is 24.3 Å². The van der Waals surface area contributed by atoms with Crippen molar-refractivity contribution in [3.05, 3.63) is 0 Å². The smallest absolute Gasteiger partial charge is 0.0502 e. The van der Waals surface area contributed by atoms with Gasteiger partial charge in [-0.3, -0.25) is 0 Å². The molecule has 0 bridgehead atoms. The van der Waals surface area contributed by atoms with Gasteiger partial charge in [-0.05, 0) is 32.2 Å². The molecule has 2 heteroatoms. The minimum Gasteiger partial charge on any atom is -0.396 e. The molecule has 0 radical (unpaired) electrons. The number of fused-ring (bicyclic) bond motifs is 1. The second kappa shape index (κ2) is 3.35. The number of aliphatic hydroxyl groups is 1. The molecule has 1 aliphatic heterocycles. The van der Waals surface area contributed by atoms with Crippen LogP contribution in [0.25, 0.3) is 0 Å². The number of nitrogens with one attached hydrogen (secondary N) is 1. The summed E-state index contributed by atoms with van der Waals surface area (Å²) in [6.45, 7) is 1.55. The van der Waals surface area contributed by atoms with Gasteiger partial charge in [0.15, 0.2) is 0 Å². The number of piperidine rings is 1. The number of hydrogen-bond acceptors (Lipinski definition) is 2. The van der Waals surface area contributed by atoms with E-state index in [9.17, 15) is 5.11 Å². The molecule has 0 aromatic rings. The summed E-state index contributed by atoms with van der Waals surface area (Å²) < 4.78 is 0. The maximum atomic E-state index is 9.44. The molecule has 12 heavy (non-hydrogen) atoms. The first kappa shape index (κ1) is 8.52. The Morgan fingerprint density at radius 3 is 2.83 bits per heavy atom. The Bertz CT molecular complexity index is 146. The van der Waals surface area contributed by atoms with Gasteiger partial charge in [-0.25, -0.2) is 0 Å². The Labute approximate surface area is 74.4 Å². The SMILES string of the molecule is OC[C@]12CCCC[C@@H]1NCCC2. The van der Waals surface area contributed by atoms with Crippen LogP contribution in [0.2, 0.25) is 0 Å². The average molecular weight is 169 g/mol. The van der Waals surface area contributed by atoms with Crippen LogP contribution in [0.5, 0.6) is 0 Å². The van der Waals surface area contributed by atoms with E-state index in [1.165, 1.54) is 38.5 Å². The first-order valence-electron chi connectivity index (χ1n) is 5.22. The molecule has 1 saturated heterocycles. The zero-order valence-electron chi connectivity index (χ0n) is 7.68. The molecule has 2 nitrogen and oxygen atoms in total. The minimum atomic E-state index is 0.260. The lowest BCUT2D eigenvalue weighted by Crippen LogP contribution is -2.53. The van der Waals surface area contributed by atoms with Gasteiger partial charge in [-0.1, -0.05) is 12.8 Å². The molecule has 0 aromatic carbocycles. The van der Waals surface area contributed by atoms with Gasteiger partial charge in [-0.15, -0.1) is 0 Å². The van der Waals surface area contributed by atoms with Crippen molar-refractivity contribution in [2.45, 2.75) is 44.6 Å². The van der Waals surface area contributed by atoms with Gasteiger partial charge in [0.25, 0.3) is 0 Å².